The van der Waals surface area contributed by atoms with E-state index in [-0.39, 0.29) is 11.7 Å². The van der Waals surface area contributed by atoms with Gasteiger partial charge in [0, 0.05) is 33.9 Å². The lowest BCUT2D eigenvalue weighted by Gasteiger charge is -2.06. The van der Waals surface area contributed by atoms with Crippen molar-refractivity contribution < 1.29 is 4.79 Å². The van der Waals surface area contributed by atoms with Gasteiger partial charge in [0.15, 0.2) is 16.1 Å². The first-order chi connectivity index (χ1) is 12.2. The number of allylic oxidation sites excluding steroid dienone is 1. The molecule has 0 fully saturated rings. The minimum absolute atomic E-state index is 0.113. The first-order valence-electron chi connectivity index (χ1n) is 7.65. The summed E-state index contributed by atoms with van der Waals surface area (Å²) in [5.74, 6) is 0.941. The fourth-order valence-corrected chi connectivity index (χ4v) is 4.26. The third-order valence-electron chi connectivity index (χ3n) is 3.30. The number of thiophene rings is 1. The number of hydrogen-bond acceptors (Lipinski definition) is 7. The molecule has 0 radical (unpaired) electrons. The molecule has 25 heavy (non-hydrogen) atoms. The number of rotatable bonds is 8. The zero-order valence-electron chi connectivity index (χ0n) is 13.6. The van der Waals surface area contributed by atoms with Crippen molar-refractivity contribution in [2.75, 3.05) is 11.1 Å². The molecule has 3 aromatic heterocycles. The second kappa shape index (κ2) is 8.41. The minimum atomic E-state index is -0.113. The Balaban J connectivity index is 1.72. The van der Waals surface area contributed by atoms with E-state index in [4.69, 9.17) is 0 Å². The van der Waals surface area contributed by atoms with Crippen LogP contribution in [0.2, 0.25) is 0 Å². The van der Waals surface area contributed by atoms with Gasteiger partial charge in [0.05, 0.1) is 5.75 Å². The molecule has 9 heteroatoms. The second-order valence-electron chi connectivity index (χ2n) is 5.03. The van der Waals surface area contributed by atoms with Crippen LogP contribution in [-0.2, 0) is 17.8 Å². The quantitative estimate of drug-likeness (QED) is 0.465. The van der Waals surface area contributed by atoms with E-state index in [1.165, 1.54) is 28.0 Å². The number of carbonyl (C=O) groups excluding carboxylic acids is 1. The third kappa shape index (κ3) is 4.36. The molecule has 0 atom stereocenters. The average Bonchev–Trinajstić information content (AvgIpc) is 3.34. The van der Waals surface area contributed by atoms with Crippen molar-refractivity contribution in [3.63, 3.8) is 0 Å². The first kappa shape index (κ1) is 17.8. The number of carbonyl (C=O) groups is 1. The topological polar surface area (TPSA) is 72.7 Å². The van der Waals surface area contributed by atoms with Crippen molar-refractivity contribution in [1.82, 2.24) is 19.7 Å². The molecule has 3 heterocycles. The normalized spacial score (nSPS) is 10.8. The molecule has 3 aromatic rings. The van der Waals surface area contributed by atoms with Gasteiger partial charge in [0.1, 0.15) is 0 Å². The molecule has 3 rings (SSSR count). The van der Waals surface area contributed by atoms with Crippen LogP contribution in [0.25, 0.3) is 11.4 Å². The summed E-state index contributed by atoms with van der Waals surface area (Å²) in [4.78, 5) is 17.4. The average molecular weight is 392 g/mol. The maximum atomic E-state index is 12.0. The molecular formula is C16H17N5OS3. The van der Waals surface area contributed by atoms with Crippen LogP contribution in [0.15, 0.2) is 40.8 Å². The predicted molar refractivity (Wildman–Crippen MR) is 104 cm³/mol. The molecule has 0 saturated heterocycles. The van der Waals surface area contributed by atoms with Crippen LogP contribution in [-0.4, -0.2) is 31.4 Å². The summed E-state index contributed by atoms with van der Waals surface area (Å²) in [5, 5.41) is 16.5. The van der Waals surface area contributed by atoms with Crippen LogP contribution in [0.4, 0.5) is 5.13 Å². The summed E-state index contributed by atoms with van der Waals surface area (Å²) >= 11 is 4.46. The number of nitrogens with zero attached hydrogens (tertiary/aromatic N) is 4. The standard InChI is InChI=1S/C16H17N5OS3/c1-3-6-21-14(11-8-12(4-2)24-9-11)19-20-16(21)25-10-13(22)18-15-17-5-7-23-15/h3,5,7-9H,1,4,6,10H2,2H3,(H,17,18,22). The lowest BCUT2D eigenvalue weighted by atomic mass is 10.2. The number of nitrogens with one attached hydrogen (secondary N) is 1. The van der Waals surface area contributed by atoms with E-state index >= 15 is 0 Å². The highest BCUT2D eigenvalue weighted by molar-refractivity contribution is 7.99. The Labute approximate surface area is 158 Å². The van der Waals surface area contributed by atoms with Crippen LogP contribution in [0.5, 0.6) is 0 Å². The number of thioether (sulfide) groups is 1. The Bertz CT molecular complexity index is 853. The van der Waals surface area contributed by atoms with Crippen molar-refractivity contribution in [1.29, 1.82) is 0 Å². The Morgan fingerprint density at radius 1 is 1.44 bits per heavy atom. The molecule has 0 aromatic carbocycles. The molecule has 6 nitrogen and oxygen atoms in total. The fourth-order valence-electron chi connectivity index (χ4n) is 2.16. The van der Waals surface area contributed by atoms with Gasteiger partial charge in [-0.2, -0.15) is 0 Å². The zero-order chi connectivity index (χ0) is 17.6. The molecule has 0 unspecified atom stereocenters. The summed E-state index contributed by atoms with van der Waals surface area (Å²) in [6.45, 7) is 6.53. The Hall–Kier alpha value is -1.97. The van der Waals surface area contributed by atoms with Gasteiger partial charge >= 0.3 is 0 Å². The predicted octanol–water partition coefficient (Wildman–Crippen LogP) is 3.94. The van der Waals surface area contributed by atoms with Gasteiger partial charge in [-0.15, -0.1) is 39.4 Å². The van der Waals surface area contributed by atoms with Crippen LogP contribution >= 0.6 is 34.4 Å². The van der Waals surface area contributed by atoms with Crippen molar-refractivity contribution in [2.24, 2.45) is 0 Å². The fraction of sp³-hybridized carbons (Fsp3) is 0.250. The van der Waals surface area contributed by atoms with E-state index in [0.717, 1.165) is 17.8 Å². The van der Waals surface area contributed by atoms with Crippen LogP contribution < -0.4 is 5.32 Å². The van der Waals surface area contributed by atoms with Crippen LogP contribution in [0, 0.1) is 0 Å². The van der Waals surface area contributed by atoms with E-state index in [1.807, 2.05) is 9.95 Å². The SMILES string of the molecule is C=CCn1c(SCC(=O)Nc2nccs2)nnc1-c1csc(CC)c1. The molecule has 0 spiro atoms. The van der Waals surface area contributed by atoms with Gasteiger partial charge in [-0.25, -0.2) is 4.98 Å². The van der Waals surface area contributed by atoms with E-state index in [1.54, 1.807) is 23.6 Å². The van der Waals surface area contributed by atoms with Gasteiger partial charge in [0.25, 0.3) is 0 Å². The summed E-state index contributed by atoms with van der Waals surface area (Å²) < 4.78 is 1.98. The second-order valence-corrected chi connectivity index (χ2v) is 7.87. The summed E-state index contributed by atoms with van der Waals surface area (Å²) in [7, 11) is 0. The Morgan fingerprint density at radius 3 is 3.00 bits per heavy atom. The van der Waals surface area contributed by atoms with Gasteiger partial charge in [-0.3, -0.25) is 9.36 Å². The smallest absolute Gasteiger partial charge is 0.236 e. The molecule has 0 aliphatic heterocycles. The van der Waals surface area contributed by atoms with Gasteiger partial charge in [-0.05, 0) is 12.5 Å². The van der Waals surface area contributed by atoms with Gasteiger partial charge in [0.2, 0.25) is 5.91 Å². The number of amides is 1. The van der Waals surface area contributed by atoms with E-state index in [0.29, 0.717) is 16.8 Å². The van der Waals surface area contributed by atoms with Crippen LogP contribution in [0.1, 0.15) is 11.8 Å². The van der Waals surface area contributed by atoms with Crippen molar-refractivity contribution in [3.8, 4) is 11.4 Å². The lowest BCUT2D eigenvalue weighted by Crippen LogP contribution is -2.14. The van der Waals surface area contributed by atoms with E-state index in [9.17, 15) is 4.79 Å². The molecule has 0 bridgehead atoms. The zero-order valence-corrected chi connectivity index (χ0v) is 16.1. The molecule has 1 amide bonds. The molecule has 1 N–H and O–H groups in total. The number of aromatic nitrogens is 4. The van der Waals surface area contributed by atoms with E-state index in [2.05, 4.69) is 45.4 Å². The molecule has 0 saturated carbocycles. The Kier molecular flexibility index (Phi) is 6.00. The van der Waals surface area contributed by atoms with Gasteiger partial charge < -0.3 is 5.32 Å². The lowest BCUT2D eigenvalue weighted by molar-refractivity contribution is -0.113. The highest BCUT2D eigenvalue weighted by Gasteiger charge is 2.16. The van der Waals surface area contributed by atoms with E-state index < -0.39 is 0 Å². The number of thiazole rings is 1. The highest BCUT2D eigenvalue weighted by Crippen LogP contribution is 2.28. The number of aryl methyl sites for hydroxylation is 1. The van der Waals surface area contributed by atoms with Gasteiger partial charge in [-0.1, -0.05) is 24.8 Å². The monoisotopic (exact) mass is 391 g/mol. The largest absolute Gasteiger partial charge is 0.301 e. The molecule has 130 valence electrons. The van der Waals surface area contributed by atoms with Crippen molar-refractivity contribution in [3.05, 3.63) is 40.6 Å². The molecular weight excluding hydrogens is 374 g/mol. The maximum absolute atomic E-state index is 12.0. The summed E-state index contributed by atoms with van der Waals surface area (Å²) in [6, 6.07) is 2.14. The number of anilines is 1. The summed E-state index contributed by atoms with van der Waals surface area (Å²) in [6.07, 6.45) is 4.46. The number of hydrogen-bond donors (Lipinski definition) is 1. The molecule has 0 aliphatic carbocycles. The van der Waals surface area contributed by atoms with Crippen LogP contribution in [0.3, 0.4) is 0 Å². The highest BCUT2D eigenvalue weighted by atomic mass is 32.2. The van der Waals surface area contributed by atoms with Crippen molar-refractivity contribution in [2.45, 2.75) is 25.0 Å². The first-order valence-corrected chi connectivity index (χ1v) is 10.4. The van der Waals surface area contributed by atoms with Crippen molar-refractivity contribution >= 4 is 45.5 Å². The molecule has 0 aliphatic rings. The Morgan fingerprint density at radius 2 is 2.32 bits per heavy atom. The third-order valence-corrected chi connectivity index (χ3v) is 6.04. The maximum Gasteiger partial charge on any atom is 0.236 e. The summed E-state index contributed by atoms with van der Waals surface area (Å²) in [5.41, 5.74) is 1.05. The minimum Gasteiger partial charge on any atom is -0.301 e.